The summed E-state index contributed by atoms with van der Waals surface area (Å²) in [5.74, 6) is 0.477. The number of hydrogen-bond acceptors (Lipinski definition) is 9. The molecule has 3 atom stereocenters. The van der Waals surface area contributed by atoms with Crippen molar-refractivity contribution in [3.8, 4) is 5.75 Å². The molecular weight excluding hydrogens is 534 g/mol. The van der Waals surface area contributed by atoms with E-state index < -0.39 is 10.0 Å². The molecule has 216 valence electrons. The van der Waals surface area contributed by atoms with Crippen LogP contribution < -0.4 is 9.46 Å². The summed E-state index contributed by atoms with van der Waals surface area (Å²) >= 11 is 0. The van der Waals surface area contributed by atoms with E-state index in [9.17, 15) is 18.3 Å². The van der Waals surface area contributed by atoms with Gasteiger partial charge in [-0.05, 0) is 63.7 Å². The average Bonchev–Trinajstić information content (AvgIpc) is 3.27. The molecule has 0 radical (unpaired) electrons. The number of aryl methyl sites for hydroxylation is 2. The fourth-order valence-corrected chi connectivity index (χ4v) is 6.33. The molecule has 1 amide bonds. The van der Waals surface area contributed by atoms with Crippen LogP contribution in [-0.4, -0.2) is 78.3 Å². The van der Waals surface area contributed by atoms with E-state index in [0.29, 0.717) is 30.9 Å². The van der Waals surface area contributed by atoms with Gasteiger partial charge in [0.15, 0.2) is 10.7 Å². The van der Waals surface area contributed by atoms with Crippen molar-refractivity contribution in [1.29, 1.82) is 0 Å². The highest BCUT2D eigenvalue weighted by Crippen LogP contribution is 2.31. The Kier molecular flexibility index (Phi) is 9.12. The molecule has 0 saturated heterocycles. The Morgan fingerprint density at radius 3 is 2.60 bits per heavy atom. The Balaban J connectivity index is 1.65. The molecule has 40 heavy (non-hydrogen) atoms. The molecular formula is C28H37N5O6S. The average molecular weight is 572 g/mol. The number of benzene rings is 1. The summed E-state index contributed by atoms with van der Waals surface area (Å²) in [6.07, 6.45) is 3.23. The number of carbonyl (C=O) groups is 1. The molecule has 1 aliphatic rings. The van der Waals surface area contributed by atoms with Crippen molar-refractivity contribution in [3.05, 3.63) is 65.3 Å². The minimum Gasteiger partial charge on any atom is -0.488 e. The number of likely N-dealkylation sites (N-methyl/N-ethyl adjacent to an activating group) is 1. The molecule has 0 bridgehead atoms. The number of pyridine rings is 1. The molecule has 1 aliphatic heterocycles. The summed E-state index contributed by atoms with van der Waals surface area (Å²) in [6.45, 7) is 8.46. The Morgan fingerprint density at radius 1 is 1.23 bits per heavy atom. The number of carbonyl (C=O) groups excluding carboxylic acids is 1. The van der Waals surface area contributed by atoms with Gasteiger partial charge < -0.3 is 19.3 Å². The van der Waals surface area contributed by atoms with Crippen LogP contribution in [0.25, 0.3) is 0 Å². The van der Waals surface area contributed by atoms with Crippen molar-refractivity contribution >= 4 is 21.6 Å². The lowest BCUT2D eigenvalue weighted by molar-refractivity contribution is -0.134. The number of nitrogens with zero attached hydrogens (tertiary/aromatic N) is 4. The highest BCUT2D eigenvalue weighted by Gasteiger charge is 2.31. The molecule has 1 aromatic carbocycles. The van der Waals surface area contributed by atoms with Gasteiger partial charge in [0.25, 0.3) is 10.0 Å². The third-order valence-corrected chi connectivity index (χ3v) is 8.72. The first-order chi connectivity index (χ1) is 19.0. The fraction of sp³-hybridized carbons (Fsp3) is 0.464. The van der Waals surface area contributed by atoms with E-state index in [1.807, 2.05) is 33.0 Å². The van der Waals surface area contributed by atoms with Crippen molar-refractivity contribution in [2.24, 2.45) is 5.92 Å². The van der Waals surface area contributed by atoms with Gasteiger partial charge in [0, 0.05) is 49.2 Å². The zero-order valence-electron chi connectivity index (χ0n) is 23.5. The molecule has 0 aliphatic carbocycles. The van der Waals surface area contributed by atoms with Crippen LogP contribution in [-0.2, 0) is 27.8 Å². The number of ether oxygens (including phenoxy) is 1. The Hall–Kier alpha value is -3.48. The van der Waals surface area contributed by atoms with Gasteiger partial charge in [-0.2, -0.15) is 0 Å². The van der Waals surface area contributed by atoms with Crippen LogP contribution >= 0.6 is 0 Å². The molecule has 0 saturated carbocycles. The molecule has 2 aromatic heterocycles. The minimum atomic E-state index is -3.97. The van der Waals surface area contributed by atoms with Gasteiger partial charge in [-0.3, -0.25) is 19.4 Å². The monoisotopic (exact) mass is 571 g/mol. The van der Waals surface area contributed by atoms with Crippen molar-refractivity contribution < 1.29 is 27.6 Å². The molecule has 11 nitrogen and oxygen atoms in total. The van der Waals surface area contributed by atoms with Gasteiger partial charge in [-0.25, -0.2) is 8.42 Å². The lowest BCUT2D eigenvalue weighted by Crippen LogP contribution is -2.47. The van der Waals surface area contributed by atoms with Crippen molar-refractivity contribution in [3.63, 3.8) is 0 Å². The van der Waals surface area contributed by atoms with E-state index in [0.717, 1.165) is 5.56 Å². The third kappa shape index (κ3) is 6.80. The molecule has 2 N–H and O–H groups in total. The summed E-state index contributed by atoms with van der Waals surface area (Å²) in [5.41, 5.74) is 2.22. The van der Waals surface area contributed by atoms with Gasteiger partial charge in [0.2, 0.25) is 5.91 Å². The highest BCUT2D eigenvalue weighted by molar-refractivity contribution is 7.92. The minimum absolute atomic E-state index is 0.00709. The Morgan fingerprint density at radius 2 is 1.95 bits per heavy atom. The number of amides is 1. The van der Waals surface area contributed by atoms with Crippen LogP contribution in [0.1, 0.15) is 36.4 Å². The van der Waals surface area contributed by atoms with Crippen LogP contribution in [0.3, 0.4) is 0 Å². The molecule has 0 unspecified atom stereocenters. The second kappa shape index (κ2) is 12.4. The molecule has 3 heterocycles. The number of hydrogen-bond donors (Lipinski definition) is 2. The van der Waals surface area contributed by atoms with Gasteiger partial charge in [0.05, 0.1) is 19.1 Å². The van der Waals surface area contributed by atoms with Gasteiger partial charge in [0.1, 0.15) is 17.5 Å². The van der Waals surface area contributed by atoms with Gasteiger partial charge >= 0.3 is 0 Å². The number of aliphatic hydroxyl groups excluding tert-OH is 1. The number of rotatable bonds is 9. The number of aliphatic hydroxyl groups is 1. The normalized spacial score (nSPS) is 18.9. The summed E-state index contributed by atoms with van der Waals surface area (Å²) in [6, 6.07) is 8.49. The van der Waals surface area contributed by atoms with E-state index in [4.69, 9.17) is 9.26 Å². The predicted molar refractivity (Wildman–Crippen MR) is 149 cm³/mol. The molecule has 3 aromatic rings. The first-order valence-corrected chi connectivity index (χ1v) is 14.7. The second-order valence-corrected chi connectivity index (χ2v) is 12.1. The molecule has 12 heteroatoms. The maximum atomic E-state index is 13.5. The van der Waals surface area contributed by atoms with Crippen molar-refractivity contribution in [2.45, 2.75) is 57.7 Å². The maximum Gasteiger partial charge on any atom is 0.267 e. The predicted octanol–water partition coefficient (Wildman–Crippen LogP) is 2.77. The lowest BCUT2D eigenvalue weighted by atomic mass is 10.0. The largest absolute Gasteiger partial charge is 0.488 e. The van der Waals surface area contributed by atoms with E-state index in [1.54, 1.807) is 42.4 Å². The van der Waals surface area contributed by atoms with Crippen molar-refractivity contribution in [1.82, 2.24) is 19.9 Å². The zero-order chi connectivity index (χ0) is 29.0. The first-order valence-electron chi connectivity index (χ1n) is 13.2. The van der Waals surface area contributed by atoms with Crippen LogP contribution in [0.4, 0.5) is 5.69 Å². The number of sulfonamides is 1. The van der Waals surface area contributed by atoms with Crippen LogP contribution in [0.15, 0.2) is 52.1 Å². The summed E-state index contributed by atoms with van der Waals surface area (Å²) in [5, 5.41) is 13.6. The second-order valence-electron chi connectivity index (χ2n) is 10.5. The van der Waals surface area contributed by atoms with Crippen LogP contribution in [0, 0.1) is 19.8 Å². The van der Waals surface area contributed by atoms with E-state index in [-0.39, 0.29) is 59.0 Å². The van der Waals surface area contributed by atoms with E-state index in [1.165, 1.54) is 6.92 Å². The summed E-state index contributed by atoms with van der Waals surface area (Å²) in [7, 11) is -1.97. The number of fused-ring (bicyclic) bond motifs is 1. The van der Waals surface area contributed by atoms with E-state index >= 15 is 0 Å². The van der Waals surface area contributed by atoms with Crippen LogP contribution in [0.5, 0.6) is 5.75 Å². The van der Waals surface area contributed by atoms with E-state index in [2.05, 4.69) is 19.8 Å². The number of aromatic nitrogens is 2. The summed E-state index contributed by atoms with van der Waals surface area (Å²) in [4.78, 5) is 21.4. The zero-order valence-corrected chi connectivity index (χ0v) is 24.3. The smallest absolute Gasteiger partial charge is 0.267 e. The number of nitrogens with one attached hydrogen (secondary N) is 1. The quantitative estimate of drug-likeness (QED) is 0.397. The maximum absolute atomic E-state index is 13.5. The third-order valence-electron chi connectivity index (χ3n) is 7.10. The first kappa shape index (κ1) is 29.5. The summed E-state index contributed by atoms with van der Waals surface area (Å²) < 4.78 is 40.4. The molecule has 0 fully saturated rings. The van der Waals surface area contributed by atoms with Gasteiger partial charge in [-0.1, -0.05) is 12.1 Å². The van der Waals surface area contributed by atoms with Crippen LogP contribution in [0.2, 0.25) is 0 Å². The van der Waals surface area contributed by atoms with Crippen molar-refractivity contribution in [2.75, 3.05) is 31.5 Å². The molecule has 0 spiro atoms. The SMILES string of the molecule is Cc1noc(C)c1S(=O)(=O)Nc1ccc2c(c1)CC(=O)N([C@@H](C)CO)C[C@H](C)[C@H](CN(C)Cc1ccncc1)O2. The van der Waals surface area contributed by atoms with Gasteiger partial charge in [-0.15, -0.1) is 0 Å². The Bertz CT molecular complexity index is 1410. The lowest BCUT2D eigenvalue weighted by Gasteiger charge is -2.34. The fourth-order valence-electron chi connectivity index (χ4n) is 4.95. The Labute approximate surface area is 235 Å². The highest BCUT2D eigenvalue weighted by atomic mass is 32.2. The molecule has 4 rings (SSSR count). The topological polar surface area (TPSA) is 138 Å². The number of anilines is 1. The standard InChI is InChI=1S/C28H37N5O6S/c1-18-14-33(19(2)17-34)27(35)13-23-12-24(31-40(36,37)28-20(3)30-39-21(28)4)6-7-25(23)38-26(18)16-32(5)15-22-8-10-29-11-9-22/h6-12,18-19,26,31,34H,13-17H2,1-5H3/t18-,19-,26-/m0/s1.